The van der Waals surface area contributed by atoms with Gasteiger partial charge in [-0.05, 0) is 73.9 Å². The molecule has 2 aliphatic rings. The number of phenolic OH excluding ortho intramolecular Hbond substituents is 1. The van der Waals surface area contributed by atoms with E-state index in [1.807, 2.05) is 0 Å². The van der Waals surface area contributed by atoms with E-state index in [2.05, 4.69) is 24.1 Å². The van der Waals surface area contributed by atoms with E-state index >= 15 is 4.39 Å². The highest BCUT2D eigenvalue weighted by Gasteiger charge is 2.39. The Kier molecular flexibility index (Phi) is 5.84. The van der Waals surface area contributed by atoms with Crippen LogP contribution in [0.25, 0.3) is 0 Å². The number of carbonyl (C=O) groups excluding carboxylic acids is 1. The minimum atomic E-state index is -4.19. The van der Waals surface area contributed by atoms with Crippen LogP contribution in [0.1, 0.15) is 24.0 Å². The second-order valence-electron chi connectivity index (χ2n) is 8.28. The zero-order chi connectivity index (χ0) is 20.7. The van der Waals surface area contributed by atoms with E-state index in [1.54, 1.807) is 4.72 Å². The number of halogens is 1. The highest BCUT2D eigenvalue weighted by molar-refractivity contribution is 8.32. The van der Waals surface area contributed by atoms with Gasteiger partial charge in [-0.25, -0.2) is 23.4 Å². The molecule has 0 saturated carbocycles. The molecule has 7 nitrogen and oxygen atoms in total. The number of anilines is 1. The third-order valence-corrected chi connectivity index (χ3v) is 7.95. The maximum Gasteiger partial charge on any atom is 0.326 e. The fourth-order valence-corrected chi connectivity index (χ4v) is 5.88. The Hall–Kier alpha value is -1.52. The van der Waals surface area contributed by atoms with Crippen molar-refractivity contribution in [3.8, 4) is 5.75 Å². The molecule has 1 amide bonds. The third kappa shape index (κ3) is 4.55. The van der Waals surface area contributed by atoms with Gasteiger partial charge in [0.1, 0.15) is 18.0 Å². The number of hydrogen-bond acceptors (Lipinski definition) is 5. The summed E-state index contributed by atoms with van der Waals surface area (Å²) in [7, 11) is -4.73. The van der Waals surface area contributed by atoms with Crippen molar-refractivity contribution in [1.29, 1.82) is 0 Å². The summed E-state index contributed by atoms with van der Waals surface area (Å²) in [6, 6.07) is 1.52. The standard InChI is InChI=1S/C18H28FN3O4S2/c1-27(2,3)8-4-7-20-13-6-5-12-9-15(23)18(17(19)14(12)10-13)22-11-16(24)21-28(22,25)26/h9,13,20,23H,4-8,10-11H2,1-3H3,(H,21,24). The molecule has 0 bridgehead atoms. The predicted molar refractivity (Wildman–Crippen MR) is 111 cm³/mol. The Morgan fingerprint density at radius 3 is 2.71 bits per heavy atom. The summed E-state index contributed by atoms with van der Waals surface area (Å²) in [5.74, 6) is -0.808. The van der Waals surface area contributed by atoms with E-state index in [9.17, 15) is 18.3 Å². The Labute approximate surface area is 167 Å². The third-order valence-electron chi connectivity index (χ3n) is 5.06. The number of fused-ring (bicyclic) bond motifs is 1. The van der Waals surface area contributed by atoms with Crippen molar-refractivity contribution in [1.82, 2.24) is 10.0 Å². The summed E-state index contributed by atoms with van der Waals surface area (Å²) in [5, 5.41) is 13.7. The molecule has 3 rings (SSSR count). The van der Waals surface area contributed by atoms with Gasteiger partial charge < -0.3 is 10.4 Å². The summed E-state index contributed by atoms with van der Waals surface area (Å²) in [6.07, 6.45) is 9.75. The molecule has 3 N–H and O–H groups in total. The van der Waals surface area contributed by atoms with Gasteiger partial charge in [0.25, 0.3) is 5.91 Å². The summed E-state index contributed by atoms with van der Waals surface area (Å²) in [4.78, 5) is 11.5. The number of benzene rings is 1. The molecular formula is C18H28FN3O4S2. The molecule has 1 aliphatic heterocycles. The molecule has 1 heterocycles. The number of hydrogen-bond donors (Lipinski definition) is 3. The first-order valence-corrected chi connectivity index (χ1v) is 13.7. The summed E-state index contributed by atoms with van der Waals surface area (Å²) < 4.78 is 41.8. The van der Waals surface area contributed by atoms with E-state index in [0.29, 0.717) is 28.3 Å². The molecule has 28 heavy (non-hydrogen) atoms. The molecule has 1 saturated heterocycles. The number of phenols is 1. The second kappa shape index (κ2) is 7.72. The van der Waals surface area contributed by atoms with Crippen molar-refractivity contribution in [3.63, 3.8) is 0 Å². The highest BCUT2D eigenvalue weighted by Crippen LogP contribution is 2.39. The first-order valence-electron chi connectivity index (χ1n) is 9.24. The van der Waals surface area contributed by atoms with Gasteiger partial charge in [-0.3, -0.25) is 4.79 Å². The molecule has 1 fully saturated rings. The molecule has 10 heteroatoms. The van der Waals surface area contributed by atoms with Crippen LogP contribution in [-0.4, -0.2) is 63.1 Å². The average molecular weight is 434 g/mol. The molecule has 158 valence electrons. The summed E-state index contributed by atoms with van der Waals surface area (Å²) in [6.45, 7) is 0.318. The van der Waals surface area contributed by atoms with Gasteiger partial charge in [-0.15, -0.1) is 0 Å². The van der Waals surface area contributed by atoms with Gasteiger partial charge in [-0.1, -0.05) is 0 Å². The molecule has 0 aromatic heterocycles. The largest absolute Gasteiger partial charge is 0.506 e. The van der Waals surface area contributed by atoms with Crippen molar-refractivity contribution in [2.24, 2.45) is 0 Å². The zero-order valence-electron chi connectivity index (χ0n) is 16.4. The van der Waals surface area contributed by atoms with Gasteiger partial charge in [0.15, 0.2) is 5.82 Å². The van der Waals surface area contributed by atoms with Crippen LogP contribution in [0.4, 0.5) is 10.1 Å². The highest BCUT2D eigenvalue weighted by atomic mass is 32.3. The number of aromatic hydroxyl groups is 1. The first kappa shape index (κ1) is 21.2. The first-order chi connectivity index (χ1) is 13.0. The van der Waals surface area contributed by atoms with E-state index in [-0.39, 0.29) is 6.04 Å². The van der Waals surface area contributed by atoms with Crippen LogP contribution in [0.2, 0.25) is 0 Å². The number of aryl methyl sites for hydroxylation is 1. The number of carbonyl (C=O) groups is 1. The Morgan fingerprint density at radius 1 is 1.39 bits per heavy atom. The molecule has 0 spiro atoms. The molecule has 1 atom stereocenters. The number of nitrogens with zero attached hydrogens (tertiary/aromatic N) is 1. The fourth-order valence-electron chi connectivity index (χ4n) is 3.71. The maximum atomic E-state index is 15.2. The molecule has 1 aromatic rings. The van der Waals surface area contributed by atoms with Crippen molar-refractivity contribution >= 4 is 31.8 Å². The normalized spacial score (nSPS) is 22.1. The zero-order valence-corrected chi connectivity index (χ0v) is 18.1. The quantitative estimate of drug-likeness (QED) is 0.587. The smallest absolute Gasteiger partial charge is 0.326 e. The molecular weight excluding hydrogens is 405 g/mol. The van der Waals surface area contributed by atoms with E-state index in [4.69, 9.17) is 0 Å². The SMILES string of the molecule is CS(C)(C)CCCNC1CCc2cc(O)c(N3CC(=O)NS3(=O)=O)c(F)c2C1. The average Bonchev–Trinajstić information content (AvgIpc) is 2.83. The van der Waals surface area contributed by atoms with Crippen LogP contribution < -0.4 is 14.3 Å². The lowest BCUT2D eigenvalue weighted by Gasteiger charge is -2.29. The van der Waals surface area contributed by atoms with E-state index in [0.717, 1.165) is 19.4 Å². The number of rotatable bonds is 6. The lowest BCUT2D eigenvalue weighted by atomic mass is 9.87. The molecule has 0 radical (unpaired) electrons. The molecule has 1 unspecified atom stereocenters. The molecule has 1 aliphatic carbocycles. The van der Waals surface area contributed by atoms with Crippen LogP contribution in [0.15, 0.2) is 6.07 Å². The van der Waals surface area contributed by atoms with Gasteiger partial charge in [-0.2, -0.15) is 8.42 Å². The predicted octanol–water partition coefficient (Wildman–Crippen LogP) is 1.24. The molecule has 1 aromatic carbocycles. The number of nitrogens with one attached hydrogen (secondary N) is 2. The van der Waals surface area contributed by atoms with Gasteiger partial charge in [0.2, 0.25) is 0 Å². The van der Waals surface area contributed by atoms with Crippen molar-refractivity contribution in [2.75, 3.05) is 41.9 Å². The van der Waals surface area contributed by atoms with Crippen LogP contribution in [-0.2, 0) is 27.8 Å². The van der Waals surface area contributed by atoms with E-state index in [1.165, 1.54) is 11.8 Å². The van der Waals surface area contributed by atoms with Gasteiger partial charge >= 0.3 is 10.2 Å². The van der Waals surface area contributed by atoms with Crippen molar-refractivity contribution in [2.45, 2.75) is 31.7 Å². The van der Waals surface area contributed by atoms with Gasteiger partial charge in [0, 0.05) is 6.04 Å². The minimum Gasteiger partial charge on any atom is -0.506 e. The van der Waals surface area contributed by atoms with Crippen LogP contribution in [0.5, 0.6) is 5.75 Å². The Morgan fingerprint density at radius 2 is 2.11 bits per heavy atom. The van der Waals surface area contributed by atoms with Gasteiger partial charge in [0.05, 0.1) is 0 Å². The number of amides is 1. The minimum absolute atomic E-state index is 0.101. The van der Waals surface area contributed by atoms with Crippen molar-refractivity contribution in [3.05, 3.63) is 23.0 Å². The van der Waals surface area contributed by atoms with Crippen LogP contribution >= 0.6 is 10.0 Å². The summed E-state index contributed by atoms with van der Waals surface area (Å²) in [5.41, 5.74) is 0.647. The lowest BCUT2D eigenvalue weighted by Crippen LogP contribution is -2.36. The Bertz CT molecular complexity index is 884. The summed E-state index contributed by atoms with van der Waals surface area (Å²) >= 11 is 0. The maximum absolute atomic E-state index is 15.2. The second-order valence-corrected chi connectivity index (χ2v) is 14.5. The fraction of sp³-hybridized carbons (Fsp3) is 0.611. The monoisotopic (exact) mass is 433 g/mol. The van der Waals surface area contributed by atoms with Crippen LogP contribution in [0.3, 0.4) is 0 Å². The van der Waals surface area contributed by atoms with Crippen LogP contribution in [0, 0.1) is 5.82 Å². The van der Waals surface area contributed by atoms with E-state index < -0.39 is 49.9 Å². The lowest BCUT2D eigenvalue weighted by molar-refractivity contribution is -0.117. The Balaban J connectivity index is 1.78. The topological polar surface area (TPSA) is 98.7 Å². The van der Waals surface area contributed by atoms with Crippen molar-refractivity contribution < 1.29 is 22.7 Å².